The second-order valence-electron chi connectivity index (χ2n) is 6.10. The van der Waals surface area contributed by atoms with Gasteiger partial charge in [0.25, 0.3) is 0 Å². The molecule has 0 fully saturated rings. The Morgan fingerprint density at radius 1 is 1.32 bits per heavy atom. The van der Waals surface area contributed by atoms with Crippen molar-refractivity contribution in [3.63, 3.8) is 0 Å². The van der Waals surface area contributed by atoms with E-state index in [1.807, 2.05) is 24.4 Å². The SMILES string of the molecule is Cc1noc(C)c1S(=O)(=O)N1CC=C(c2c[nH]c3ncccc23)CC1. The first-order chi connectivity index (χ1) is 12.0. The van der Waals surface area contributed by atoms with Crippen LogP contribution in [0.5, 0.6) is 0 Å². The largest absolute Gasteiger partial charge is 0.360 e. The van der Waals surface area contributed by atoms with Crippen molar-refractivity contribution in [2.75, 3.05) is 13.1 Å². The molecule has 1 aliphatic heterocycles. The molecule has 0 unspecified atom stereocenters. The van der Waals surface area contributed by atoms with Gasteiger partial charge in [-0.1, -0.05) is 11.2 Å². The van der Waals surface area contributed by atoms with Crippen molar-refractivity contribution in [1.29, 1.82) is 0 Å². The van der Waals surface area contributed by atoms with Crippen molar-refractivity contribution in [3.8, 4) is 0 Å². The van der Waals surface area contributed by atoms with Gasteiger partial charge in [-0.05, 0) is 38.0 Å². The van der Waals surface area contributed by atoms with Crippen LogP contribution in [0.3, 0.4) is 0 Å². The fourth-order valence-electron chi connectivity index (χ4n) is 3.31. The molecule has 130 valence electrons. The third-order valence-corrected chi connectivity index (χ3v) is 6.64. The lowest BCUT2D eigenvalue weighted by Gasteiger charge is -2.25. The van der Waals surface area contributed by atoms with E-state index in [4.69, 9.17) is 4.52 Å². The monoisotopic (exact) mass is 358 g/mol. The first-order valence-corrected chi connectivity index (χ1v) is 9.47. The molecule has 1 N–H and O–H groups in total. The fourth-order valence-corrected chi connectivity index (χ4v) is 4.98. The summed E-state index contributed by atoms with van der Waals surface area (Å²) in [5, 5.41) is 4.81. The molecule has 0 radical (unpaired) electrons. The number of pyridine rings is 1. The maximum atomic E-state index is 12.9. The molecule has 0 saturated carbocycles. The Hall–Kier alpha value is -2.45. The van der Waals surface area contributed by atoms with Crippen molar-refractivity contribution >= 4 is 26.6 Å². The third-order valence-electron chi connectivity index (χ3n) is 4.53. The number of fused-ring (bicyclic) bond motifs is 1. The van der Waals surface area contributed by atoms with E-state index in [2.05, 4.69) is 15.1 Å². The Morgan fingerprint density at radius 3 is 2.84 bits per heavy atom. The highest BCUT2D eigenvalue weighted by molar-refractivity contribution is 7.89. The Balaban J connectivity index is 1.64. The van der Waals surface area contributed by atoms with Gasteiger partial charge in [-0.3, -0.25) is 0 Å². The summed E-state index contributed by atoms with van der Waals surface area (Å²) in [6.07, 6.45) is 6.29. The van der Waals surface area contributed by atoms with Crippen LogP contribution in [-0.4, -0.2) is 40.9 Å². The van der Waals surface area contributed by atoms with E-state index in [0.717, 1.165) is 22.2 Å². The van der Waals surface area contributed by atoms with Crippen LogP contribution in [0.25, 0.3) is 16.6 Å². The Bertz CT molecular complexity index is 1060. The molecule has 1 aliphatic rings. The van der Waals surface area contributed by atoms with Gasteiger partial charge in [-0.25, -0.2) is 13.4 Å². The fraction of sp³-hybridized carbons (Fsp3) is 0.294. The maximum Gasteiger partial charge on any atom is 0.248 e. The van der Waals surface area contributed by atoms with Gasteiger partial charge >= 0.3 is 0 Å². The summed E-state index contributed by atoms with van der Waals surface area (Å²) in [4.78, 5) is 7.64. The maximum absolute atomic E-state index is 12.9. The number of sulfonamides is 1. The minimum atomic E-state index is -3.60. The standard InChI is InChI=1S/C17H18N4O3S/c1-11-16(12(2)24-20-11)25(22,23)21-8-5-13(6-9-21)15-10-19-17-14(15)4-3-7-18-17/h3-5,7,10H,6,8-9H2,1-2H3,(H,18,19). The number of aromatic amines is 1. The predicted molar refractivity (Wildman–Crippen MR) is 93.4 cm³/mol. The molecular weight excluding hydrogens is 340 g/mol. The van der Waals surface area contributed by atoms with Crippen molar-refractivity contribution in [2.45, 2.75) is 25.2 Å². The van der Waals surface area contributed by atoms with Crippen molar-refractivity contribution in [3.05, 3.63) is 47.6 Å². The van der Waals surface area contributed by atoms with Gasteiger partial charge in [-0.2, -0.15) is 4.31 Å². The highest BCUT2D eigenvalue weighted by Gasteiger charge is 2.32. The second kappa shape index (κ2) is 5.82. The zero-order valence-corrected chi connectivity index (χ0v) is 14.8. The quantitative estimate of drug-likeness (QED) is 0.777. The third kappa shape index (κ3) is 2.58. The minimum Gasteiger partial charge on any atom is -0.360 e. The lowest BCUT2D eigenvalue weighted by Crippen LogP contribution is -2.35. The van der Waals surface area contributed by atoms with E-state index < -0.39 is 10.0 Å². The molecule has 0 atom stereocenters. The normalized spacial score (nSPS) is 16.3. The van der Waals surface area contributed by atoms with Crippen molar-refractivity contribution in [2.24, 2.45) is 0 Å². The summed E-state index contributed by atoms with van der Waals surface area (Å²) in [7, 11) is -3.60. The van der Waals surface area contributed by atoms with Crippen LogP contribution >= 0.6 is 0 Å². The van der Waals surface area contributed by atoms with Crippen molar-refractivity contribution < 1.29 is 12.9 Å². The van der Waals surface area contributed by atoms with Crippen molar-refractivity contribution in [1.82, 2.24) is 19.4 Å². The minimum absolute atomic E-state index is 0.181. The number of hydrogen-bond acceptors (Lipinski definition) is 5. The summed E-state index contributed by atoms with van der Waals surface area (Å²) < 4.78 is 32.2. The van der Waals surface area contributed by atoms with Crippen LogP contribution in [0.15, 0.2) is 40.0 Å². The number of nitrogens with zero attached hydrogens (tertiary/aromatic N) is 3. The van der Waals surface area contributed by atoms with Crippen LogP contribution in [0.4, 0.5) is 0 Å². The molecule has 3 aromatic heterocycles. The second-order valence-corrected chi connectivity index (χ2v) is 7.97. The molecule has 0 bridgehead atoms. The molecule has 4 heterocycles. The van der Waals surface area contributed by atoms with E-state index in [9.17, 15) is 8.42 Å². The van der Waals surface area contributed by atoms with Crippen LogP contribution in [0.1, 0.15) is 23.4 Å². The van der Waals surface area contributed by atoms with Crippen LogP contribution in [-0.2, 0) is 10.0 Å². The van der Waals surface area contributed by atoms with Crippen LogP contribution < -0.4 is 0 Å². The zero-order valence-electron chi connectivity index (χ0n) is 14.0. The van der Waals surface area contributed by atoms with Gasteiger partial charge in [0.15, 0.2) is 5.76 Å². The molecule has 3 aromatic rings. The molecule has 25 heavy (non-hydrogen) atoms. The summed E-state index contributed by atoms with van der Waals surface area (Å²) in [6, 6.07) is 3.92. The molecular formula is C17H18N4O3S. The molecule has 0 spiro atoms. The first kappa shape index (κ1) is 16.0. The van der Waals surface area contributed by atoms with Gasteiger partial charge in [0.05, 0.1) is 0 Å². The molecule has 8 heteroatoms. The summed E-state index contributed by atoms with van der Waals surface area (Å²) in [6.45, 7) is 4.02. The summed E-state index contributed by atoms with van der Waals surface area (Å²) >= 11 is 0. The molecule has 0 aliphatic carbocycles. The van der Waals surface area contributed by atoms with E-state index in [1.54, 1.807) is 20.0 Å². The van der Waals surface area contributed by atoms with E-state index >= 15 is 0 Å². The van der Waals surface area contributed by atoms with Gasteiger partial charge in [-0.15, -0.1) is 0 Å². The molecule has 0 saturated heterocycles. The first-order valence-electron chi connectivity index (χ1n) is 8.03. The molecule has 0 amide bonds. The average Bonchev–Trinajstić information content (AvgIpc) is 3.18. The Labute approximate surface area is 145 Å². The van der Waals surface area contributed by atoms with Crippen LogP contribution in [0.2, 0.25) is 0 Å². The number of H-pyrrole nitrogens is 1. The van der Waals surface area contributed by atoms with E-state index in [-0.39, 0.29) is 4.90 Å². The van der Waals surface area contributed by atoms with E-state index in [1.165, 1.54) is 4.31 Å². The highest BCUT2D eigenvalue weighted by Crippen LogP contribution is 2.31. The van der Waals surface area contributed by atoms with E-state index in [0.29, 0.717) is 31.0 Å². The lowest BCUT2D eigenvalue weighted by molar-refractivity contribution is 0.389. The summed E-state index contributed by atoms with van der Waals surface area (Å²) in [5.41, 5.74) is 3.45. The summed E-state index contributed by atoms with van der Waals surface area (Å²) in [5.74, 6) is 0.329. The van der Waals surface area contributed by atoms with Crippen LogP contribution in [0, 0.1) is 13.8 Å². The number of aryl methyl sites for hydroxylation is 2. The zero-order chi connectivity index (χ0) is 17.6. The van der Waals surface area contributed by atoms with Gasteiger partial charge < -0.3 is 9.51 Å². The predicted octanol–water partition coefficient (Wildman–Crippen LogP) is 2.65. The Morgan fingerprint density at radius 2 is 2.16 bits per heavy atom. The highest BCUT2D eigenvalue weighted by atomic mass is 32.2. The average molecular weight is 358 g/mol. The number of rotatable bonds is 3. The lowest BCUT2D eigenvalue weighted by atomic mass is 10.0. The van der Waals surface area contributed by atoms with Gasteiger partial charge in [0, 0.05) is 36.4 Å². The topological polar surface area (TPSA) is 92.1 Å². The number of aromatic nitrogens is 3. The molecule has 4 rings (SSSR count). The van der Waals surface area contributed by atoms with Gasteiger partial charge in [0.1, 0.15) is 16.2 Å². The Kier molecular flexibility index (Phi) is 3.73. The number of nitrogens with one attached hydrogen (secondary N) is 1. The van der Waals surface area contributed by atoms with Gasteiger partial charge in [0.2, 0.25) is 10.0 Å². The molecule has 7 nitrogen and oxygen atoms in total. The molecule has 0 aromatic carbocycles. The smallest absolute Gasteiger partial charge is 0.248 e. The number of hydrogen-bond donors (Lipinski definition) is 1.